The highest BCUT2D eigenvalue weighted by Gasteiger charge is 2.20. The standard InChI is InChI=1S/C16H25NO4/c1-5-19-9-13(11(2)3)17-8-12-6-14(18-4)16-15(7-12)20-10-21-16/h6-7,11,13,17H,5,8-10H2,1-4H3. The van der Waals surface area contributed by atoms with Gasteiger partial charge in [0.15, 0.2) is 11.5 Å². The maximum absolute atomic E-state index is 5.53. The average Bonchev–Trinajstić information content (AvgIpc) is 2.94. The molecule has 0 aliphatic carbocycles. The molecule has 0 saturated carbocycles. The molecule has 0 spiro atoms. The summed E-state index contributed by atoms with van der Waals surface area (Å²) in [7, 11) is 1.64. The number of fused-ring (bicyclic) bond motifs is 1. The van der Waals surface area contributed by atoms with Crippen molar-refractivity contribution in [3.05, 3.63) is 17.7 Å². The van der Waals surface area contributed by atoms with Crippen LogP contribution in [-0.4, -0.2) is 33.2 Å². The number of rotatable bonds is 8. The lowest BCUT2D eigenvalue weighted by molar-refractivity contribution is 0.108. The topological polar surface area (TPSA) is 49.0 Å². The Morgan fingerprint density at radius 2 is 2.10 bits per heavy atom. The van der Waals surface area contributed by atoms with E-state index in [2.05, 4.69) is 19.2 Å². The third-order valence-electron chi connectivity index (χ3n) is 3.59. The highest BCUT2D eigenvalue weighted by Crippen LogP contribution is 2.41. The Labute approximate surface area is 126 Å². The highest BCUT2D eigenvalue weighted by atomic mass is 16.7. The van der Waals surface area contributed by atoms with Crippen molar-refractivity contribution < 1.29 is 18.9 Å². The quantitative estimate of drug-likeness (QED) is 0.799. The van der Waals surface area contributed by atoms with Crippen LogP contribution in [0, 0.1) is 5.92 Å². The zero-order valence-electron chi connectivity index (χ0n) is 13.3. The summed E-state index contributed by atoms with van der Waals surface area (Å²) in [5, 5.41) is 3.54. The van der Waals surface area contributed by atoms with Crippen LogP contribution in [0.4, 0.5) is 0 Å². The zero-order chi connectivity index (χ0) is 15.2. The smallest absolute Gasteiger partial charge is 0.231 e. The molecule has 1 aromatic rings. The summed E-state index contributed by atoms with van der Waals surface area (Å²) in [6.07, 6.45) is 0. The van der Waals surface area contributed by atoms with Gasteiger partial charge < -0.3 is 24.3 Å². The van der Waals surface area contributed by atoms with Crippen molar-refractivity contribution in [2.75, 3.05) is 27.1 Å². The summed E-state index contributed by atoms with van der Waals surface area (Å²) in [6, 6.07) is 4.30. The molecule has 5 nitrogen and oxygen atoms in total. The summed E-state index contributed by atoms with van der Waals surface area (Å²) in [6.45, 7) is 8.84. The number of hydrogen-bond donors (Lipinski definition) is 1. The Bertz CT molecular complexity index is 462. The van der Waals surface area contributed by atoms with Crippen molar-refractivity contribution in [3.8, 4) is 17.2 Å². The molecular formula is C16H25NO4. The van der Waals surface area contributed by atoms with Crippen LogP contribution in [0.5, 0.6) is 17.2 Å². The number of benzene rings is 1. The van der Waals surface area contributed by atoms with Gasteiger partial charge in [-0.25, -0.2) is 0 Å². The van der Waals surface area contributed by atoms with E-state index in [0.29, 0.717) is 23.5 Å². The Hall–Kier alpha value is -1.46. The Balaban J connectivity index is 2.02. The molecule has 1 N–H and O–H groups in total. The largest absolute Gasteiger partial charge is 0.493 e. The predicted molar refractivity (Wildman–Crippen MR) is 81.1 cm³/mol. The molecule has 1 atom stereocenters. The van der Waals surface area contributed by atoms with Crippen LogP contribution in [0.25, 0.3) is 0 Å². The lowest BCUT2D eigenvalue weighted by Crippen LogP contribution is -2.37. The maximum atomic E-state index is 5.53. The van der Waals surface area contributed by atoms with Gasteiger partial charge in [-0.3, -0.25) is 0 Å². The number of nitrogens with one attached hydrogen (secondary N) is 1. The van der Waals surface area contributed by atoms with Gasteiger partial charge in [0.05, 0.1) is 13.7 Å². The molecule has 21 heavy (non-hydrogen) atoms. The first kappa shape index (κ1) is 15.9. The number of hydrogen-bond acceptors (Lipinski definition) is 5. The monoisotopic (exact) mass is 295 g/mol. The van der Waals surface area contributed by atoms with Gasteiger partial charge in [-0.15, -0.1) is 0 Å². The van der Waals surface area contributed by atoms with E-state index in [1.807, 2.05) is 19.1 Å². The third kappa shape index (κ3) is 4.02. The minimum absolute atomic E-state index is 0.252. The van der Waals surface area contributed by atoms with Gasteiger partial charge in [0.1, 0.15) is 0 Å². The van der Waals surface area contributed by atoms with Gasteiger partial charge in [0.2, 0.25) is 12.5 Å². The van der Waals surface area contributed by atoms with E-state index in [0.717, 1.165) is 31.1 Å². The Kier molecular flexibility index (Phi) is 5.70. The molecule has 1 aliphatic heterocycles. The fourth-order valence-electron chi connectivity index (χ4n) is 2.27. The van der Waals surface area contributed by atoms with E-state index in [1.165, 1.54) is 0 Å². The second kappa shape index (κ2) is 7.52. The second-order valence-electron chi connectivity index (χ2n) is 5.42. The van der Waals surface area contributed by atoms with Gasteiger partial charge in [-0.1, -0.05) is 13.8 Å². The fraction of sp³-hybridized carbons (Fsp3) is 0.625. The molecule has 0 bridgehead atoms. The van der Waals surface area contributed by atoms with Crippen LogP contribution in [0.2, 0.25) is 0 Å². The molecule has 2 rings (SSSR count). The van der Waals surface area contributed by atoms with Crippen molar-refractivity contribution in [1.29, 1.82) is 0 Å². The first-order valence-corrected chi connectivity index (χ1v) is 7.43. The lowest BCUT2D eigenvalue weighted by atomic mass is 10.0. The SMILES string of the molecule is CCOCC(NCc1cc(OC)c2c(c1)OCO2)C(C)C. The van der Waals surface area contributed by atoms with Crippen molar-refractivity contribution in [3.63, 3.8) is 0 Å². The molecule has 0 amide bonds. The van der Waals surface area contributed by atoms with E-state index < -0.39 is 0 Å². The average molecular weight is 295 g/mol. The molecule has 1 heterocycles. The molecular weight excluding hydrogens is 270 g/mol. The molecule has 0 fully saturated rings. The molecule has 118 valence electrons. The van der Waals surface area contributed by atoms with Crippen LogP contribution in [0.15, 0.2) is 12.1 Å². The van der Waals surface area contributed by atoms with E-state index in [4.69, 9.17) is 18.9 Å². The molecule has 1 aromatic carbocycles. The number of ether oxygens (including phenoxy) is 4. The first-order valence-electron chi connectivity index (χ1n) is 7.43. The summed E-state index contributed by atoms with van der Waals surface area (Å²) >= 11 is 0. The van der Waals surface area contributed by atoms with Gasteiger partial charge >= 0.3 is 0 Å². The van der Waals surface area contributed by atoms with Crippen molar-refractivity contribution in [2.24, 2.45) is 5.92 Å². The summed E-state index contributed by atoms with van der Waals surface area (Å²) in [4.78, 5) is 0. The molecule has 0 radical (unpaired) electrons. The van der Waals surface area contributed by atoms with Crippen molar-refractivity contribution in [2.45, 2.75) is 33.4 Å². The Morgan fingerprint density at radius 1 is 1.29 bits per heavy atom. The van der Waals surface area contributed by atoms with E-state index in [-0.39, 0.29) is 6.79 Å². The minimum Gasteiger partial charge on any atom is -0.493 e. The van der Waals surface area contributed by atoms with Gasteiger partial charge in [-0.2, -0.15) is 0 Å². The van der Waals surface area contributed by atoms with Crippen LogP contribution in [-0.2, 0) is 11.3 Å². The fourth-order valence-corrected chi connectivity index (χ4v) is 2.27. The summed E-state index contributed by atoms with van der Waals surface area (Å²) < 4.78 is 21.7. The van der Waals surface area contributed by atoms with Gasteiger partial charge in [-0.05, 0) is 30.5 Å². The predicted octanol–water partition coefficient (Wildman–Crippen LogP) is 2.57. The third-order valence-corrected chi connectivity index (χ3v) is 3.59. The second-order valence-corrected chi connectivity index (χ2v) is 5.42. The summed E-state index contributed by atoms with van der Waals surface area (Å²) in [5.74, 6) is 2.66. The van der Waals surface area contributed by atoms with E-state index in [1.54, 1.807) is 7.11 Å². The minimum atomic E-state index is 0.252. The van der Waals surface area contributed by atoms with Gasteiger partial charge in [0.25, 0.3) is 0 Å². The van der Waals surface area contributed by atoms with E-state index in [9.17, 15) is 0 Å². The van der Waals surface area contributed by atoms with Crippen LogP contribution in [0.1, 0.15) is 26.3 Å². The normalized spacial score (nSPS) is 14.5. The first-order chi connectivity index (χ1) is 10.2. The molecule has 1 aliphatic rings. The van der Waals surface area contributed by atoms with E-state index >= 15 is 0 Å². The van der Waals surface area contributed by atoms with Gasteiger partial charge in [0, 0.05) is 19.2 Å². The highest BCUT2D eigenvalue weighted by molar-refractivity contribution is 5.55. The van der Waals surface area contributed by atoms with Crippen LogP contribution in [0.3, 0.4) is 0 Å². The molecule has 0 saturated heterocycles. The van der Waals surface area contributed by atoms with Crippen LogP contribution >= 0.6 is 0 Å². The lowest BCUT2D eigenvalue weighted by Gasteiger charge is -2.22. The zero-order valence-corrected chi connectivity index (χ0v) is 13.3. The Morgan fingerprint density at radius 3 is 2.76 bits per heavy atom. The van der Waals surface area contributed by atoms with Crippen molar-refractivity contribution in [1.82, 2.24) is 5.32 Å². The molecule has 1 unspecified atom stereocenters. The van der Waals surface area contributed by atoms with Crippen LogP contribution < -0.4 is 19.5 Å². The molecule has 5 heteroatoms. The summed E-state index contributed by atoms with van der Waals surface area (Å²) in [5.41, 5.74) is 1.11. The number of methoxy groups -OCH3 is 1. The van der Waals surface area contributed by atoms with Crippen molar-refractivity contribution >= 4 is 0 Å². The maximum Gasteiger partial charge on any atom is 0.231 e. The molecule has 0 aromatic heterocycles.